The molecule has 2 amide bonds. The van der Waals surface area contributed by atoms with E-state index in [9.17, 15) is 9.59 Å². The lowest BCUT2D eigenvalue weighted by Gasteiger charge is -2.31. The van der Waals surface area contributed by atoms with Crippen LogP contribution in [0.5, 0.6) is 0 Å². The molecule has 1 aliphatic heterocycles. The van der Waals surface area contributed by atoms with Crippen molar-refractivity contribution >= 4 is 17.7 Å². The molecule has 0 spiro atoms. The van der Waals surface area contributed by atoms with Crippen LogP contribution in [0.3, 0.4) is 0 Å². The number of nitrogens with one attached hydrogen (secondary N) is 2. The minimum atomic E-state index is -0.285. The van der Waals surface area contributed by atoms with Crippen LogP contribution in [0.4, 0.5) is 10.5 Å². The zero-order valence-electron chi connectivity index (χ0n) is 16.1. The second-order valence-corrected chi connectivity index (χ2v) is 6.70. The number of hydrogen-bond acceptors (Lipinski definition) is 5. The number of piperidine rings is 1. The molecule has 0 unspecified atom stereocenters. The van der Waals surface area contributed by atoms with Gasteiger partial charge in [0.1, 0.15) is 5.69 Å². The lowest BCUT2D eigenvalue weighted by molar-refractivity contribution is 0.0856. The molecule has 1 aliphatic rings. The van der Waals surface area contributed by atoms with Crippen LogP contribution in [0.15, 0.2) is 48.7 Å². The van der Waals surface area contributed by atoms with Gasteiger partial charge >= 0.3 is 6.09 Å². The van der Waals surface area contributed by atoms with Crippen molar-refractivity contribution < 1.29 is 14.3 Å². The van der Waals surface area contributed by atoms with Crippen molar-refractivity contribution in [1.82, 2.24) is 15.2 Å². The second kappa shape index (κ2) is 9.73. The number of nitrogens with zero attached hydrogens (tertiary/aromatic N) is 2. The Morgan fingerprint density at radius 1 is 1.14 bits per heavy atom. The van der Waals surface area contributed by atoms with Gasteiger partial charge in [0.15, 0.2) is 0 Å². The Kier molecular flexibility index (Phi) is 6.84. The van der Waals surface area contributed by atoms with Crippen LogP contribution in [0, 0.1) is 0 Å². The minimum Gasteiger partial charge on any atom is -0.450 e. The summed E-state index contributed by atoms with van der Waals surface area (Å²) in [6, 6.07) is 13.7. The van der Waals surface area contributed by atoms with Gasteiger partial charge in [-0.1, -0.05) is 30.3 Å². The fourth-order valence-corrected chi connectivity index (χ4v) is 3.11. The molecule has 1 fully saturated rings. The normalized spacial score (nSPS) is 14.4. The van der Waals surface area contributed by atoms with Gasteiger partial charge in [0.05, 0.1) is 18.5 Å². The minimum absolute atomic E-state index is 0.0378. The number of likely N-dealkylation sites (tertiary alicyclic amines) is 1. The van der Waals surface area contributed by atoms with Gasteiger partial charge in [-0.3, -0.25) is 4.79 Å². The predicted molar refractivity (Wildman–Crippen MR) is 107 cm³/mol. The van der Waals surface area contributed by atoms with E-state index >= 15 is 0 Å². The highest BCUT2D eigenvalue weighted by atomic mass is 16.6. The summed E-state index contributed by atoms with van der Waals surface area (Å²) in [5.41, 5.74) is 2.43. The summed E-state index contributed by atoms with van der Waals surface area (Å²) in [6.45, 7) is 4.03. The Balaban J connectivity index is 1.45. The lowest BCUT2D eigenvalue weighted by Crippen LogP contribution is -2.46. The van der Waals surface area contributed by atoms with Crippen LogP contribution < -0.4 is 10.6 Å². The third-order valence-corrected chi connectivity index (χ3v) is 4.69. The summed E-state index contributed by atoms with van der Waals surface area (Å²) >= 11 is 0. The quantitative estimate of drug-likeness (QED) is 0.802. The maximum absolute atomic E-state index is 12.4. The molecule has 1 saturated heterocycles. The Bertz CT molecular complexity index is 772. The van der Waals surface area contributed by atoms with E-state index in [0.29, 0.717) is 44.8 Å². The van der Waals surface area contributed by atoms with Gasteiger partial charge in [0.2, 0.25) is 0 Å². The number of amides is 2. The summed E-state index contributed by atoms with van der Waals surface area (Å²) in [7, 11) is 0. The number of carbonyl (C=O) groups excluding carboxylic acids is 2. The maximum atomic E-state index is 12.4. The molecule has 2 heterocycles. The molecule has 0 atom stereocenters. The van der Waals surface area contributed by atoms with Gasteiger partial charge in [-0.25, -0.2) is 9.78 Å². The van der Waals surface area contributed by atoms with E-state index in [4.69, 9.17) is 4.74 Å². The monoisotopic (exact) mass is 382 g/mol. The smallest absolute Gasteiger partial charge is 0.409 e. The second-order valence-electron chi connectivity index (χ2n) is 6.70. The zero-order chi connectivity index (χ0) is 19.8. The predicted octanol–water partition coefficient (Wildman–Crippen LogP) is 3.04. The van der Waals surface area contributed by atoms with E-state index in [1.807, 2.05) is 24.3 Å². The number of benzene rings is 1. The number of aromatic nitrogens is 1. The highest BCUT2D eigenvalue weighted by Crippen LogP contribution is 2.13. The van der Waals surface area contributed by atoms with E-state index in [0.717, 1.165) is 5.69 Å². The molecule has 2 N–H and O–H groups in total. The largest absolute Gasteiger partial charge is 0.450 e. The Morgan fingerprint density at radius 3 is 2.54 bits per heavy atom. The standard InChI is InChI=1S/C21H26N4O3/c1-2-28-21(27)25-12-10-17(11-13-25)24-20(26)19-9-8-18(15-23-19)22-14-16-6-4-3-5-7-16/h3-9,15,17,22H,2,10-14H2,1H3,(H,24,26). The number of rotatable bonds is 6. The Labute approximate surface area is 165 Å². The first-order valence-electron chi connectivity index (χ1n) is 9.62. The molecule has 0 aliphatic carbocycles. The number of hydrogen-bond donors (Lipinski definition) is 2. The summed E-state index contributed by atoms with van der Waals surface area (Å²) < 4.78 is 5.01. The van der Waals surface area contributed by atoms with E-state index < -0.39 is 0 Å². The van der Waals surface area contributed by atoms with Crippen molar-refractivity contribution in [1.29, 1.82) is 0 Å². The number of anilines is 1. The van der Waals surface area contributed by atoms with Crippen molar-refractivity contribution in [2.75, 3.05) is 25.0 Å². The number of ether oxygens (including phenoxy) is 1. The molecule has 0 bridgehead atoms. The first-order valence-corrected chi connectivity index (χ1v) is 9.62. The summed E-state index contributed by atoms with van der Waals surface area (Å²) in [4.78, 5) is 30.1. The fourth-order valence-electron chi connectivity index (χ4n) is 3.11. The molecule has 0 saturated carbocycles. The Morgan fingerprint density at radius 2 is 1.89 bits per heavy atom. The van der Waals surface area contributed by atoms with E-state index in [1.165, 1.54) is 5.56 Å². The van der Waals surface area contributed by atoms with Crippen molar-refractivity contribution in [3.8, 4) is 0 Å². The maximum Gasteiger partial charge on any atom is 0.409 e. The van der Waals surface area contributed by atoms with Gasteiger partial charge < -0.3 is 20.3 Å². The lowest BCUT2D eigenvalue weighted by atomic mass is 10.1. The van der Waals surface area contributed by atoms with E-state index in [-0.39, 0.29) is 18.0 Å². The van der Waals surface area contributed by atoms with E-state index in [2.05, 4.69) is 27.8 Å². The molecule has 1 aromatic carbocycles. The molecule has 148 valence electrons. The molecular weight excluding hydrogens is 356 g/mol. The molecule has 2 aromatic rings. The van der Waals surface area contributed by atoms with E-state index in [1.54, 1.807) is 24.1 Å². The van der Waals surface area contributed by atoms with Crippen molar-refractivity contribution in [3.05, 3.63) is 59.9 Å². The molecule has 7 heteroatoms. The average Bonchev–Trinajstić information content (AvgIpc) is 2.74. The summed E-state index contributed by atoms with van der Waals surface area (Å²) in [5, 5.41) is 6.29. The van der Waals surface area contributed by atoms with Crippen LogP contribution in [-0.4, -0.2) is 47.6 Å². The van der Waals surface area contributed by atoms with Crippen molar-refractivity contribution in [2.45, 2.75) is 32.4 Å². The summed E-state index contributed by atoms with van der Waals surface area (Å²) in [5.74, 6) is -0.191. The van der Waals surface area contributed by atoms with Crippen LogP contribution in [-0.2, 0) is 11.3 Å². The molecule has 7 nitrogen and oxygen atoms in total. The highest BCUT2D eigenvalue weighted by Gasteiger charge is 2.25. The van der Waals surface area contributed by atoms with Gasteiger partial charge in [-0.2, -0.15) is 0 Å². The first kappa shape index (κ1) is 19.7. The third kappa shape index (κ3) is 5.45. The number of carbonyl (C=O) groups is 2. The fraction of sp³-hybridized carbons (Fsp3) is 0.381. The number of pyridine rings is 1. The molecule has 0 radical (unpaired) electrons. The third-order valence-electron chi connectivity index (χ3n) is 4.69. The van der Waals surface area contributed by atoms with Gasteiger partial charge in [-0.15, -0.1) is 0 Å². The molecule has 1 aromatic heterocycles. The SMILES string of the molecule is CCOC(=O)N1CCC(NC(=O)c2ccc(NCc3ccccc3)cn2)CC1. The van der Waals surface area contributed by atoms with Gasteiger partial charge in [-0.05, 0) is 37.5 Å². The zero-order valence-corrected chi connectivity index (χ0v) is 16.1. The summed E-state index contributed by atoms with van der Waals surface area (Å²) in [6.07, 6.45) is 2.80. The van der Waals surface area contributed by atoms with Crippen LogP contribution in [0.1, 0.15) is 35.8 Å². The van der Waals surface area contributed by atoms with Crippen LogP contribution >= 0.6 is 0 Å². The van der Waals surface area contributed by atoms with Crippen molar-refractivity contribution in [2.24, 2.45) is 0 Å². The van der Waals surface area contributed by atoms with Gasteiger partial charge in [0.25, 0.3) is 5.91 Å². The molecule has 3 rings (SSSR count). The van der Waals surface area contributed by atoms with Crippen molar-refractivity contribution in [3.63, 3.8) is 0 Å². The average molecular weight is 382 g/mol. The Hall–Kier alpha value is -3.09. The molecular formula is C21H26N4O3. The van der Waals surface area contributed by atoms with Crippen LogP contribution in [0.2, 0.25) is 0 Å². The first-order chi connectivity index (χ1) is 13.7. The van der Waals surface area contributed by atoms with Crippen LogP contribution in [0.25, 0.3) is 0 Å². The topological polar surface area (TPSA) is 83.6 Å². The van der Waals surface area contributed by atoms with Gasteiger partial charge in [0, 0.05) is 25.7 Å². The highest BCUT2D eigenvalue weighted by molar-refractivity contribution is 5.92. The molecule has 28 heavy (non-hydrogen) atoms.